The largest absolute Gasteiger partial charge is 0.481 e. The number of piperidine rings is 1. The van der Waals surface area contributed by atoms with Gasteiger partial charge in [-0.25, -0.2) is 0 Å². The maximum atomic E-state index is 12.9. The van der Waals surface area contributed by atoms with Crippen molar-refractivity contribution in [3.8, 4) is 0 Å². The molecular weight excluding hydrogens is 330 g/mol. The van der Waals surface area contributed by atoms with Gasteiger partial charge in [-0.1, -0.05) is 38.1 Å². The van der Waals surface area contributed by atoms with E-state index < -0.39 is 11.4 Å². The number of ether oxygens (including phenoxy) is 1. The molecule has 0 radical (unpaired) electrons. The zero-order valence-corrected chi connectivity index (χ0v) is 15.9. The van der Waals surface area contributed by atoms with Gasteiger partial charge in [0, 0.05) is 26.1 Å². The van der Waals surface area contributed by atoms with Crippen LogP contribution >= 0.6 is 0 Å². The number of likely N-dealkylation sites (tertiary alicyclic amines) is 1. The zero-order valence-electron chi connectivity index (χ0n) is 15.9. The number of aliphatic carboxylic acids is 1. The molecule has 3 atom stereocenters. The van der Waals surface area contributed by atoms with Crippen LogP contribution in [0.15, 0.2) is 24.3 Å². The molecule has 0 bridgehead atoms. The predicted octanol–water partition coefficient (Wildman–Crippen LogP) is 3.25. The second-order valence-electron chi connectivity index (χ2n) is 8.15. The molecular formula is C21H29NO4. The van der Waals surface area contributed by atoms with E-state index in [1.54, 1.807) is 4.90 Å². The molecule has 0 aromatic heterocycles. The maximum absolute atomic E-state index is 12.9. The molecule has 2 fully saturated rings. The van der Waals surface area contributed by atoms with Crippen LogP contribution in [-0.2, 0) is 14.3 Å². The molecule has 1 amide bonds. The van der Waals surface area contributed by atoms with Gasteiger partial charge in [-0.15, -0.1) is 0 Å². The van der Waals surface area contributed by atoms with Crippen molar-refractivity contribution >= 4 is 11.9 Å². The fraction of sp³-hybridized carbons (Fsp3) is 0.619. The molecule has 1 aliphatic carbocycles. The van der Waals surface area contributed by atoms with Crippen LogP contribution in [0.3, 0.4) is 0 Å². The van der Waals surface area contributed by atoms with Crippen LogP contribution in [-0.4, -0.2) is 48.7 Å². The molecule has 1 aromatic carbocycles. The number of hydrogen-bond donors (Lipinski definition) is 1. The van der Waals surface area contributed by atoms with Crippen LogP contribution < -0.4 is 0 Å². The summed E-state index contributed by atoms with van der Waals surface area (Å²) in [6.07, 6.45) is 2.13. The number of carboxylic acids is 1. The van der Waals surface area contributed by atoms with Crippen molar-refractivity contribution < 1.29 is 19.4 Å². The molecule has 0 spiro atoms. The van der Waals surface area contributed by atoms with Crippen molar-refractivity contribution in [2.45, 2.75) is 44.9 Å². The van der Waals surface area contributed by atoms with Crippen molar-refractivity contribution in [1.29, 1.82) is 0 Å². The molecule has 2 aliphatic rings. The Morgan fingerprint density at radius 1 is 1.31 bits per heavy atom. The number of methoxy groups -OCH3 is 1. The molecule has 3 unspecified atom stereocenters. The van der Waals surface area contributed by atoms with Gasteiger partial charge in [0.25, 0.3) is 0 Å². The molecule has 1 saturated carbocycles. The lowest BCUT2D eigenvalue weighted by Gasteiger charge is -2.39. The quantitative estimate of drug-likeness (QED) is 0.847. The van der Waals surface area contributed by atoms with Crippen LogP contribution in [0.1, 0.15) is 56.1 Å². The average Bonchev–Trinajstić information content (AvgIpc) is 3.42. The second-order valence-corrected chi connectivity index (χ2v) is 8.15. The Labute approximate surface area is 155 Å². The lowest BCUT2D eigenvalue weighted by molar-refractivity contribution is -0.159. The number of nitrogens with zero attached hydrogens (tertiary/aromatic N) is 1. The molecule has 3 rings (SSSR count). The fourth-order valence-electron chi connectivity index (χ4n) is 4.15. The molecule has 1 N–H and O–H groups in total. The first-order valence-corrected chi connectivity index (χ1v) is 9.49. The van der Waals surface area contributed by atoms with Gasteiger partial charge >= 0.3 is 5.97 Å². The highest BCUT2D eigenvalue weighted by molar-refractivity contribution is 5.84. The van der Waals surface area contributed by atoms with Gasteiger partial charge in [-0.3, -0.25) is 9.59 Å². The van der Waals surface area contributed by atoms with E-state index in [0.717, 1.165) is 6.42 Å². The normalized spacial score (nSPS) is 28.2. The number of hydrogen-bond acceptors (Lipinski definition) is 3. The fourth-order valence-corrected chi connectivity index (χ4v) is 4.15. The van der Waals surface area contributed by atoms with Gasteiger partial charge in [0.15, 0.2) is 0 Å². The highest BCUT2D eigenvalue weighted by Gasteiger charge is 2.49. The Morgan fingerprint density at radius 3 is 2.58 bits per heavy atom. The zero-order chi connectivity index (χ0) is 18.9. The van der Waals surface area contributed by atoms with Gasteiger partial charge in [0.1, 0.15) is 5.41 Å². The number of rotatable bonds is 6. The first-order valence-electron chi connectivity index (χ1n) is 9.49. The second kappa shape index (κ2) is 7.39. The molecule has 1 saturated heterocycles. The molecule has 5 heteroatoms. The van der Waals surface area contributed by atoms with E-state index in [1.807, 2.05) is 0 Å². The van der Waals surface area contributed by atoms with Crippen molar-refractivity contribution in [1.82, 2.24) is 4.90 Å². The smallest absolute Gasteiger partial charge is 0.313 e. The number of benzene rings is 1. The number of carbonyl (C=O) groups excluding carboxylic acids is 1. The van der Waals surface area contributed by atoms with E-state index >= 15 is 0 Å². The number of amides is 1. The van der Waals surface area contributed by atoms with Crippen LogP contribution in [0.4, 0.5) is 0 Å². The van der Waals surface area contributed by atoms with Crippen LogP contribution in [0, 0.1) is 11.3 Å². The Morgan fingerprint density at radius 2 is 2.00 bits per heavy atom. The van der Waals surface area contributed by atoms with E-state index in [9.17, 15) is 14.7 Å². The summed E-state index contributed by atoms with van der Waals surface area (Å²) in [6.45, 7) is 5.39. The minimum Gasteiger partial charge on any atom is -0.481 e. The molecule has 5 nitrogen and oxygen atoms in total. The standard InChI is InChI=1S/C21H29NO4/c1-14(2)15-5-7-16(8-6-15)17-11-18(17)19(23)22-10-4-9-21(12-22,13-26-3)20(24)25/h5-8,14,17-18H,4,9-13H2,1-3H3,(H,24,25). The third-order valence-corrected chi connectivity index (χ3v) is 5.90. The van der Waals surface area contributed by atoms with E-state index in [0.29, 0.717) is 25.3 Å². The summed E-state index contributed by atoms with van der Waals surface area (Å²) in [6, 6.07) is 8.56. The Kier molecular flexibility index (Phi) is 5.37. The summed E-state index contributed by atoms with van der Waals surface area (Å²) in [4.78, 5) is 26.5. The Hall–Kier alpha value is -1.88. The highest BCUT2D eigenvalue weighted by Crippen LogP contribution is 2.49. The molecule has 142 valence electrons. The Balaban J connectivity index is 1.66. The molecule has 1 heterocycles. The van der Waals surface area contributed by atoms with Crippen LogP contribution in [0.25, 0.3) is 0 Å². The highest BCUT2D eigenvalue weighted by atomic mass is 16.5. The van der Waals surface area contributed by atoms with Crippen LogP contribution in [0.2, 0.25) is 0 Å². The third kappa shape index (κ3) is 3.63. The van der Waals surface area contributed by atoms with Crippen molar-refractivity contribution in [3.63, 3.8) is 0 Å². The minimum atomic E-state index is -0.966. The van der Waals surface area contributed by atoms with Crippen molar-refractivity contribution in [2.24, 2.45) is 11.3 Å². The monoisotopic (exact) mass is 359 g/mol. The summed E-state index contributed by atoms with van der Waals surface area (Å²) < 4.78 is 5.15. The van der Waals surface area contributed by atoms with Gasteiger partial charge in [0.05, 0.1) is 6.61 Å². The average molecular weight is 359 g/mol. The van der Waals surface area contributed by atoms with Crippen molar-refractivity contribution in [3.05, 3.63) is 35.4 Å². The van der Waals surface area contributed by atoms with Gasteiger partial charge < -0.3 is 14.7 Å². The van der Waals surface area contributed by atoms with Gasteiger partial charge in [0.2, 0.25) is 5.91 Å². The maximum Gasteiger partial charge on any atom is 0.313 e. The lowest BCUT2D eigenvalue weighted by Crippen LogP contribution is -2.52. The van der Waals surface area contributed by atoms with Gasteiger partial charge in [-0.05, 0) is 42.2 Å². The third-order valence-electron chi connectivity index (χ3n) is 5.90. The minimum absolute atomic E-state index is 0.00737. The van der Waals surface area contributed by atoms with Crippen LogP contribution in [0.5, 0.6) is 0 Å². The predicted molar refractivity (Wildman–Crippen MR) is 99.1 cm³/mol. The molecule has 1 aromatic rings. The summed E-state index contributed by atoms with van der Waals surface area (Å²) in [5, 5.41) is 9.66. The summed E-state index contributed by atoms with van der Waals surface area (Å²) >= 11 is 0. The first-order chi connectivity index (χ1) is 12.4. The summed E-state index contributed by atoms with van der Waals surface area (Å²) in [5.74, 6) is -0.00359. The van der Waals surface area contributed by atoms with E-state index in [1.165, 1.54) is 18.2 Å². The van der Waals surface area contributed by atoms with Gasteiger partial charge in [-0.2, -0.15) is 0 Å². The van der Waals surface area contributed by atoms with Crippen molar-refractivity contribution in [2.75, 3.05) is 26.8 Å². The Bertz CT molecular complexity index is 665. The topological polar surface area (TPSA) is 66.8 Å². The van der Waals surface area contributed by atoms with E-state index in [4.69, 9.17) is 4.74 Å². The summed E-state index contributed by atoms with van der Waals surface area (Å²) in [7, 11) is 1.52. The lowest BCUT2D eigenvalue weighted by atomic mass is 9.80. The SMILES string of the molecule is COCC1(C(=O)O)CCCN(C(=O)C2CC2c2ccc(C(C)C)cc2)C1. The molecule has 26 heavy (non-hydrogen) atoms. The first kappa shape index (κ1) is 18.9. The van der Waals surface area contributed by atoms with E-state index in [2.05, 4.69) is 38.1 Å². The number of carboxylic acid groups (broad SMARTS) is 1. The molecule has 1 aliphatic heterocycles. The van der Waals surface area contributed by atoms with E-state index in [-0.39, 0.29) is 30.9 Å². The number of carbonyl (C=O) groups is 2. The summed E-state index contributed by atoms with van der Waals surface area (Å²) in [5.41, 5.74) is 1.55.